The summed E-state index contributed by atoms with van der Waals surface area (Å²) < 4.78 is 3.19. The average Bonchev–Trinajstić information content (AvgIpc) is 2.75. The van der Waals surface area contributed by atoms with Crippen LogP contribution in [0.5, 0.6) is 0 Å². The molecule has 2 heterocycles. The van der Waals surface area contributed by atoms with Gasteiger partial charge in [0, 0.05) is 15.3 Å². The number of halogens is 1. The van der Waals surface area contributed by atoms with E-state index in [1.165, 1.54) is 3.57 Å². The number of rotatable bonds is 1. The van der Waals surface area contributed by atoms with Gasteiger partial charge < -0.3 is 4.40 Å². The fourth-order valence-electron chi connectivity index (χ4n) is 1.62. The van der Waals surface area contributed by atoms with Crippen molar-refractivity contribution in [1.82, 2.24) is 14.4 Å². The zero-order valence-corrected chi connectivity index (χ0v) is 10.5. The van der Waals surface area contributed by atoms with Crippen LogP contribution in [0, 0.1) is 3.57 Å². The van der Waals surface area contributed by atoms with Gasteiger partial charge in [0.05, 0.1) is 29.9 Å². The number of hydrogen-bond donors (Lipinski definition) is 0. The van der Waals surface area contributed by atoms with Crippen LogP contribution in [0.2, 0.25) is 0 Å². The van der Waals surface area contributed by atoms with Gasteiger partial charge in [-0.05, 0) is 34.7 Å². The van der Waals surface area contributed by atoms with E-state index in [1.54, 1.807) is 12.5 Å². The summed E-state index contributed by atoms with van der Waals surface area (Å²) in [5.41, 5.74) is 3.10. The van der Waals surface area contributed by atoms with Gasteiger partial charge in [0.2, 0.25) is 0 Å². The Morgan fingerprint density at radius 2 is 2.12 bits per heavy atom. The van der Waals surface area contributed by atoms with Crippen molar-refractivity contribution in [3.05, 3.63) is 52.8 Å². The van der Waals surface area contributed by atoms with Crippen LogP contribution >= 0.6 is 22.6 Å². The summed E-state index contributed by atoms with van der Waals surface area (Å²) in [6, 6.07) is 8.29. The van der Waals surface area contributed by atoms with E-state index in [1.807, 2.05) is 22.9 Å². The minimum absolute atomic E-state index is 0.962. The number of fused-ring (bicyclic) bond motifs is 1. The molecule has 1 aromatic carbocycles. The van der Waals surface area contributed by atoms with E-state index in [0.717, 1.165) is 16.8 Å². The molecule has 3 aromatic rings. The van der Waals surface area contributed by atoms with Crippen LogP contribution in [-0.4, -0.2) is 14.4 Å². The van der Waals surface area contributed by atoms with Crippen LogP contribution in [0.15, 0.2) is 49.2 Å². The SMILES string of the molecule is Ic1cccc(-c2cn3cncc3cn2)c1. The predicted octanol–water partition coefficient (Wildman–Crippen LogP) is 3.00. The molecule has 0 unspecified atom stereocenters. The summed E-state index contributed by atoms with van der Waals surface area (Å²) in [6.45, 7) is 0. The molecule has 0 aliphatic carbocycles. The Morgan fingerprint density at radius 3 is 3.00 bits per heavy atom. The molecule has 0 spiro atoms. The molecule has 0 N–H and O–H groups in total. The van der Waals surface area contributed by atoms with Crippen LogP contribution < -0.4 is 0 Å². The largest absolute Gasteiger partial charge is 0.303 e. The highest BCUT2D eigenvalue weighted by atomic mass is 127. The van der Waals surface area contributed by atoms with Crippen molar-refractivity contribution in [2.24, 2.45) is 0 Å². The lowest BCUT2D eigenvalue weighted by atomic mass is 10.2. The maximum Gasteiger partial charge on any atom is 0.0993 e. The third kappa shape index (κ3) is 1.69. The van der Waals surface area contributed by atoms with Crippen molar-refractivity contribution in [2.45, 2.75) is 0 Å². The van der Waals surface area contributed by atoms with Crippen LogP contribution in [0.4, 0.5) is 0 Å². The number of hydrogen-bond acceptors (Lipinski definition) is 2. The highest BCUT2D eigenvalue weighted by Gasteiger charge is 2.01. The molecule has 16 heavy (non-hydrogen) atoms. The second kappa shape index (κ2) is 3.86. The molecular formula is C12H8IN3. The first kappa shape index (κ1) is 9.77. The highest BCUT2D eigenvalue weighted by Crippen LogP contribution is 2.19. The standard InChI is InChI=1S/C12H8IN3/c13-10-3-1-2-9(4-10)12-7-16-8-14-5-11(16)6-15-12/h1-8H. The van der Waals surface area contributed by atoms with Gasteiger partial charge in [-0.2, -0.15) is 0 Å². The van der Waals surface area contributed by atoms with Crippen LogP contribution in [-0.2, 0) is 0 Å². The van der Waals surface area contributed by atoms with Gasteiger partial charge in [0.25, 0.3) is 0 Å². The molecule has 0 atom stereocenters. The first-order valence-corrected chi connectivity index (χ1v) is 5.94. The van der Waals surface area contributed by atoms with Crippen LogP contribution in [0.25, 0.3) is 16.8 Å². The normalized spacial score (nSPS) is 10.8. The molecule has 0 saturated carbocycles. The summed E-state index contributed by atoms with van der Waals surface area (Å²) in [4.78, 5) is 8.50. The molecule has 2 aromatic heterocycles. The molecular weight excluding hydrogens is 313 g/mol. The number of aromatic nitrogens is 3. The Kier molecular flexibility index (Phi) is 2.36. The van der Waals surface area contributed by atoms with Crippen molar-refractivity contribution < 1.29 is 0 Å². The second-order valence-electron chi connectivity index (χ2n) is 3.51. The number of imidazole rings is 1. The number of benzene rings is 1. The van der Waals surface area contributed by atoms with Crippen molar-refractivity contribution in [3.63, 3.8) is 0 Å². The lowest BCUT2D eigenvalue weighted by molar-refractivity contribution is 1.12. The quantitative estimate of drug-likeness (QED) is 0.645. The first-order valence-electron chi connectivity index (χ1n) is 4.86. The van der Waals surface area contributed by atoms with E-state index >= 15 is 0 Å². The van der Waals surface area contributed by atoms with E-state index in [-0.39, 0.29) is 0 Å². The predicted molar refractivity (Wildman–Crippen MR) is 71.1 cm³/mol. The minimum Gasteiger partial charge on any atom is -0.303 e. The van der Waals surface area contributed by atoms with E-state index in [0.29, 0.717) is 0 Å². The molecule has 78 valence electrons. The zero-order chi connectivity index (χ0) is 11.0. The molecule has 0 radical (unpaired) electrons. The zero-order valence-electron chi connectivity index (χ0n) is 8.34. The van der Waals surface area contributed by atoms with Gasteiger partial charge in [-0.25, -0.2) is 4.98 Å². The minimum atomic E-state index is 0.962. The van der Waals surface area contributed by atoms with E-state index in [9.17, 15) is 0 Å². The van der Waals surface area contributed by atoms with E-state index in [4.69, 9.17) is 0 Å². The van der Waals surface area contributed by atoms with Crippen molar-refractivity contribution >= 4 is 28.1 Å². The molecule has 4 heteroatoms. The summed E-state index contributed by atoms with van der Waals surface area (Å²) in [6.07, 6.45) is 7.41. The average molecular weight is 321 g/mol. The summed E-state index contributed by atoms with van der Waals surface area (Å²) in [5.74, 6) is 0. The first-order chi connectivity index (χ1) is 7.83. The molecule has 0 aliphatic heterocycles. The molecule has 0 aliphatic rings. The lowest BCUT2D eigenvalue weighted by Gasteiger charge is -2.02. The van der Waals surface area contributed by atoms with Crippen LogP contribution in [0.1, 0.15) is 0 Å². The molecule has 0 fully saturated rings. The fourth-order valence-corrected chi connectivity index (χ4v) is 2.16. The van der Waals surface area contributed by atoms with Crippen LogP contribution in [0.3, 0.4) is 0 Å². The topological polar surface area (TPSA) is 30.2 Å². The van der Waals surface area contributed by atoms with Crippen molar-refractivity contribution in [1.29, 1.82) is 0 Å². The van der Waals surface area contributed by atoms with Gasteiger partial charge in [-0.3, -0.25) is 4.98 Å². The van der Waals surface area contributed by atoms with Gasteiger partial charge in [0.15, 0.2) is 0 Å². The number of nitrogens with zero attached hydrogens (tertiary/aromatic N) is 3. The monoisotopic (exact) mass is 321 g/mol. The second-order valence-corrected chi connectivity index (χ2v) is 4.75. The Hall–Kier alpha value is -1.43. The van der Waals surface area contributed by atoms with Gasteiger partial charge in [0.1, 0.15) is 0 Å². The van der Waals surface area contributed by atoms with Gasteiger partial charge in [-0.1, -0.05) is 12.1 Å². The third-order valence-corrected chi connectivity index (χ3v) is 3.08. The highest BCUT2D eigenvalue weighted by molar-refractivity contribution is 14.1. The Bertz CT molecular complexity index is 645. The molecule has 0 bridgehead atoms. The molecule has 3 nitrogen and oxygen atoms in total. The van der Waals surface area contributed by atoms with Crippen molar-refractivity contribution in [3.8, 4) is 11.3 Å². The van der Waals surface area contributed by atoms with E-state index in [2.05, 4.69) is 50.8 Å². The maximum atomic E-state index is 4.43. The fraction of sp³-hybridized carbons (Fsp3) is 0. The Balaban J connectivity index is 2.18. The lowest BCUT2D eigenvalue weighted by Crippen LogP contribution is -1.89. The molecule has 0 saturated heterocycles. The van der Waals surface area contributed by atoms with E-state index < -0.39 is 0 Å². The third-order valence-electron chi connectivity index (χ3n) is 2.41. The summed E-state index contributed by atoms with van der Waals surface area (Å²) >= 11 is 2.30. The maximum absolute atomic E-state index is 4.43. The Labute approximate surface area is 106 Å². The summed E-state index contributed by atoms with van der Waals surface area (Å²) in [7, 11) is 0. The smallest absolute Gasteiger partial charge is 0.0993 e. The molecule has 0 amide bonds. The Morgan fingerprint density at radius 1 is 1.19 bits per heavy atom. The summed E-state index contributed by atoms with van der Waals surface area (Å²) in [5, 5.41) is 0. The van der Waals surface area contributed by atoms with Crippen molar-refractivity contribution in [2.75, 3.05) is 0 Å². The molecule has 3 rings (SSSR count). The van der Waals surface area contributed by atoms with Gasteiger partial charge >= 0.3 is 0 Å². The van der Waals surface area contributed by atoms with Gasteiger partial charge in [-0.15, -0.1) is 0 Å².